The van der Waals surface area contributed by atoms with E-state index in [1.165, 1.54) is 0 Å². The van der Waals surface area contributed by atoms with E-state index in [2.05, 4.69) is 10.3 Å². The minimum Gasteiger partial charge on any atom is -0.496 e. The van der Waals surface area contributed by atoms with Crippen molar-refractivity contribution in [3.63, 3.8) is 0 Å². The lowest BCUT2D eigenvalue weighted by Gasteiger charge is -2.16. The molecule has 0 bridgehead atoms. The number of nitrogens with one attached hydrogen (secondary N) is 1. The molecule has 0 saturated carbocycles. The SMILES string of the molecule is COc1cccc(-c2cc(SC)ccc2C(=O)Nc2ccc(Cl)c(-c3ccccn3)c2)c1C. The van der Waals surface area contributed by atoms with Crippen molar-refractivity contribution in [2.45, 2.75) is 11.8 Å². The molecule has 1 heterocycles. The third kappa shape index (κ3) is 4.90. The Hall–Kier alpha value is -3.28. The number of hydrogen-bond donors (Lipinski definition) is 1. The van der Waals surface area contributed by atoms with E-state index >= 15 is 0 Å². The number of methoxy groups -OCH3 is 1. The molecule has 0 spiro atoms. The number of thioether (sulfide) groups is 1. The molecule has 4 aromatic rings. The highest BCUT2D eigenvalue weighted by molar-refractivity contribution is 7.98. The molecule has 4 rings (SSSR count). The molecule has 4 nitrogen and oxygen atoms in total. The van der Waals surface area contributed by atoms with Gasteiger partial charge in [0.1, 0.15) is 5.75 Å². The Morgan fingerprint density at radius 1 is 0.970 bits per heavy atom. The summed E-state index contributed by atoms with van der Waals surface area (Å²) in [4.78, 5) is 18.9. The van der Waals surface area contributed by atoms with Crippen molar-refractivity contribution < 1.29 is 9.53 Å². The van der Waals surface area contributed by atoms with Crippen LogP contribution in [0.25, 0.3) is 22.4 Å². The number of hydrogen-bond acceptors (Lipinski definition) is 4. The van der Waals surface area contributed by atoms with Crippen LogP contribution in [-0.2, 0) is 0 Å². The number of aromatic nitrogens is 1. The van der Waals surface area contributed by atoms with Gasteiger partial charge in [0.2, 0.25) is 0 Å². The minimum absolute atomic E-state index is 0.200. The summed E-state index contributed by atoms with van der Waals surface area (Å²) in [5.41, 5.74) is 5.53. The quantitative estimate of drug-likeness (QED) is 0.296. The molecule has 1 N–H and O–H groups in total. The number of benzene rings is 3. The van der Waals surface area contributed by atoms with E-state index in [1.807, 2.05) is 73.8 Å². The number of amides is 1. The van der Waals surface area contributed by atoms with Crippen molar-refractivity contribution in [2.75, 3.05) is 18.7 Å². The third-order valence-corrected chi connectivity index (χ3v) is 6.49. The molecule has 0 radical (unpaired) electrons. The fraction of sp³-hybridized carbons (Fsp3) is 0.111. The highest BCUT2D eigenvalue weighted by Gasteiger charge is 2.17. The Labute approximate surface area is 203 Å². The first-order chi connectivity index (χ1) is 16.0. The predicted octanol–water partition coefficient (Wildman–Crippen LogP) is 7.36. The van der Waals surface area contributed by atoms with Gasteiger partial charge in [-0.1, -0.05) is 29.8 Å². The van der Waals surface area contributed by atoms with Gasteiger partial charge in [0.25, 0.3) is 5.91 Å². The van der Waals surface area contributed by atoms with Crippen molar-refractivity contribution in [1.29, 1.82) is 0 Å². The molecule has 33 heavy (non-hydrogen) atoms. The molecular formula is C27H23ClN2O2S. The lowest BCUT2D eigenvalue weighted by atomic mass is 9.95. The van der Waals surface area contributed by atoms with E-state index in [0.29, 0.717) is 16.3 Å². The summed E-state index contributed by atoms with van der Waals surface area (Å²) >= 11 is 8.04. The summed E-state index contributed by atoms with van der Waals surface area (Å²) in [6.45, 7) is 2.00. The molecule has 1 amide bonds. The van der Waals surface area contributed by atoms with Gasteiger partial charge in [-0.05, 0) is 84.5 Å². The summed E-state index contributed by atoms with van der Waals surface area (Å²) in [6, 6.07) is 22.8. The monoisotopic (exact) mass is 474 g/mol. The van der Waals surface area contributed by atoms with Gasteiger partial charge in [-0.25, -0.2) is 0 Å². The lowest BCUT2D eigenvalue weighted by molar-refractivity contribution is 0.102. The van der Waals surface area contributed by atoms with Gasteiger partial charge >= 0.3 is 0 Å². The first-order valence-corrected chi connectivity index (χ1v) is 12.0. The van der Waals surface area contributed by atoms with E-state index < -0.39 is 0 Å². The maximum Gasteiger partial charge on any atom is 0.256 e. The molecule has 0 saturated heterocycles. The summed E-state index contributed by atoms with van der Waals surface area (Å²) in [6.07, 6.45) is 3.73. The molecule has 166 valence electrons. The second-order valence-electron chi connectivity index (χ2n) is 7.41. The van der Waals surface area contributed by atoms with Crippen LogP contribution in [0.2, 0.25) is 5.02 Å². The summed E-state index contributed by atoms with van der Waals surface area (Å²) in [5, 5.41) is 3.60. The van der Waals surface area contributed by atoms with Gasteiger partial charge < -0.3 is 10.1 Å². The van der Waals surface area contributed by atoms with Gasteiger partial charge in [0, 0.05) is 27.9 Å². The van der Waals surface area contributed by atoms with Crippen molar-refractivity contribution >= 4 is 35.0 Å². The Balaban J connectivity index is 1.73. The maximum absolute atomic E-state index is 13.4. The lowest BCUT2D eigenvalue weighted by Crippen LogP contribution is -2.13. The van der Waals surface area contributed by atoms with E-state index in [-0.39, 0.29) is 5.91 Å². The number of carbonyl (C=O) groups excluding carboxylic acids is 1. The molecule has 6 heteroatoms. The van der Waals surface area contributed by atoms with E-state index in [0.717, 1.165) is 38.6 Å². The minimum atomic E-state index is -0.200. The Kier molecular flexibility index (Phi) is 7.02. The Bertz CT molecular complexity index is 1310. The normalized spacial score (nSPS) is 10.7. The predicted molar refractivity (Wildman–Crippen MR) is 138 cm³/mol. The van der Waals surface area contributed by atoms with E-state index in [1.54, 1.807) is 37.2 Å². The number of nitrogens with zero attached hydrogens (tertiary/aromatic N) is 1. The van der Waals surface area contributed by atoms with Gasteiger partial charge in [0.15, 0.2) is 0 Å². The van der Waals surface area contributed by atoms with Crippen molar-refractivity contribution in [3.8, 4) is 28.1 Å². The second kappa shape index (κ2) is 10.1. The van der Waals surface area contributed by atoms with Crippen molar-refractivity contribution in [2.24, 2.45) is 0 Å². The topological polar surface area (TPSA) is 51.2 Å². The zero-order valence-electron chi connectivity index (χ0n) is 18.6. The molecule has 0 atom stereocenters. The summed E-state index contributed by atoms with van der Waals surface area (Å²) < 4.78 is 5.50. The molecule has 1 aromatic heterocycles. The van der Waals surface area contributed by atoms with Gasteiger partial charge in [-0.15, -0.1) is 11.8 Å². The fourth-order valence-electron chi connectivity index (χ4n) is 3.72. The van der Waals surface area contributed by atoms with E-state index in [9.17, 15) is 4.79 Å². The van der Waals surface area contributed by atoms with Crippen LogP contribution in [0.1, 0.15) is 15.9 Å². The van der Waals surface area contributed by atoms with Crippen LogP contribution in [0.3, 0.4) is 0 Å². The standard InChI is InChI=1S/C27H23ClN2O2S/c1-17-20(7-6-9-26(17)32-2)22-16-19(33-3)11-12-21(22)27(31)30-18-10-13-24(28)23(15-18)25-8-4-5-14-29-25/h4-16H,1-3H3,(H,30,31). The average Bonchev–Trinajstić information content (AvgIpc) is 2.85. The van der Waals surface area contributed by atoms with Crippen LogP contribution in [0.15, 0.2) is 83.9 Å². The first-order valence-electron chi connectivity index (χ1n) is 10.4. The van der Waals surface area contributed by atoms with Crippen molar-refractivity contribution in [3.05, 3.63) is 95.1 Å². The average molecular weight is 475 g/mol. The zero-order chi connectivity index (χ0) is 23.4. The molecule has 0 fully saturated rings. The summed E-state index contributed by atoms with van der Waals surface area (Å²) in [7, 11) is 1.65. The number of pyridine rings is 1. The third-order valence-electron chi connectivity index (χ3n) is 5.43. The van der Waals surface area contributed by atoms with Crippen LogP contribution < -0.4 is 10.1 Å². The number of halogens is 1. The number of rotatable bonds is 6. The van der Waals surface area contributed by atoms with Crippen LogP contribution in [0.5, 0.6) is 5.75 Å². The zero-order valence-corrected chi connectivity index (χ0v) is 20.1. The highest BCUT2D eigenvalue weighted by atomic mass is 35.5. The van der Waals surface area contributed by atoms with Gasteiger partial charge in [-0.3, -0.25) is 9.78 Å². The van der Waals surface area contributed by atoms with Crippen LogP contribution >= 0.6 is 23.4 Å². The summed E-state index contributed by atoms with van der Waals surface area (Å²) in [5.74, 6) is 0.584. The first kappa shape index (κ1) is 22.9. The Morgan fingerprint density at radius 3 is 2.55 bits per heavy atom. The number of ether oxygens (including phenoxy) is 1. The van der Waals surface area contributed by atoms with Crippen LogP contribution in [-0.4, -0.2) is 24.3 Å². The highest BCUT2D eigenvalue weighted by Crippen LogP contribution is 2.35. The molecule has 0 unspecified atom stereocenters. The number of carbonyl (C=O) groups is 1. The molecular weight excluding hydrogens is 452 g/mol. The second-order valence-corrected chi connectivity index (χ2v) is 8.69. The van der Waals surface area contributed by atoms with Crippen LogP contribution in [0.4, 0.5) is 5.69 Å². The van der Waals surface area contributed by atoms with Gasteiger partial charge in [-0.2, -0.15) is 0 Å². The molecule has 0 aliphatic rings. The molecule has 0 aliphatic carbocycles. The molecule has 3 aromatic carbocycles. The largest absolute Gasteiger partial charge is 0.496 e. The smallest absolute Gasteiger partial charge is 0.256 e. The maximum atomic E-state index is 13.4. The Morgan fingerprint density at radius 2 is 1.82 bits per heavy atom. The van der Waals surface area contributed by atoms with E-state index in [4.69, 9.17) is 16.3 Å². The van der Waals surface area contributed by atoms with Gasteiger partial charge in [0.05, 0.1) is 17.8 Å². The van der Waals surface area contributed by atoms with Crippen LogP contribution in [0, 0.1) is 6.92 Å². The molecule has 0 aliphatic heterocycles. The van der Waals surface area contributed by atoms with Crippen molar-refractivity contribution in [1.82, 2.24) is 4.98 Å². The number of anilines is 1. The fourth-order valence-corrected chi connectivity index (χ4v) is 4.37.